The highest BCUT2D eigenvalue weighted by Gasteiger charge is 2.57. The Morgan fingerprint density at radius 1 is 0.980 bits per heavy atom. The summed E-state index contributed by atoms with van der Waals surface area (Å²) < 4.78 is 28.3. The molecule has 0 aliphatic heterocycles. The minimum Gasteiger partial charge on any atom is -0.394 e. The number of rotatable bonds is 9. The molecule has 51 heavy (non-hydrogen) atoms. The van der Waals surface area contributed by atoms with Crippen molar-refractivity contribution in [2.75, 3.05) is 19.7 Å². The molecule has 0 spiro atoms. The molecule has 270 valence electrons. The molecule has 4 aromatic carbocycles. The van der Waals surface area contributed by atoms with Crippen molar-refractivity contribution < 1.29 is 34.0 Å². The maximum Gasteiger partial charge on any atom is 0.193 e. The van der Waals surface area contributed by atoms with Crippen LogP contribution < -0.4 is 0 Å². The number of hydrogen-bond donors (Lipinski definition) is 4. The second-order valence-electron chi connectivity index (χ2n) is 15.0. The van der Waals surface area contributed by atoms with E-state index in [1.165, 1.54) is 11.6 Å². The first kappa shape index (κ1) is 37.0. The molecule has 0 saturated heterocycles. The van der Waals surface area contributed by atoms with E-state index in [1.54, 1.807) is 6.07 Å². The van der Waals surface area contributed by atoms with E-state index in [0.717, 1.165) is 39.6 Å². The molecule has 2 bridgehead atoms. The van der Waals surface area contributed by atoms with Gasteiger partial charge in [-0.1, -0.05) is 73.2 Å². The number of nitrogens with zero attached hydrogens (tertiary/aromatic N) is 1. The summed E-state index contributed by atoms with van der Waals surface area (Å²) in [5.74, 6) is -2.85. The second kappa shape index (κ2) is 15.4. The van der Waals surface area contributed by atoms with Crippen LogP contribution in [0.15, 0.2) is 90.5 Å². The zero-order chi connectivity index (χ0) is 36.3. The van der Waals surface area contributed by atoms with E-state index in [9.17, 15) is 34.0 Å². The summed E-state index contributed by atoms with van der Waals surface area (Å²) in [7, 11) is 0. The topological polar surface area (TPSA) is 101 Å². The number of aliphatic hydroxyl groups is 4. The molecule has 0 radical (unpaired) electrons. The molecule has 0 aromatic heterocycles. The molecule has 4 N–H and O–H groups in total. The SMILES string of the molecule is CC1=CCCC2(C)C(CCC2(O)CN(Cc2cccc3ccccc23)CC(O)CO)c2ccc(cc2C(=O)c2ccc(F)c(F)c2)CC(O)CC1. The number of aliphatic hydroxyl groups excluding tert-OH is 3. The van der Waals surface area contributed by atoms with Crippen molar-refractivity contribution in [3.8, 4) is 0 Å². The minimum absolute atomic E-state index is 0.0294. The van der Waals surface area contributed by atoms with E-state index in [0.29, 0.717) is 57.1 Å². The molecular weight excluding hydrogens is 648 g/mol. The smallest absolute Gasteiger partial charge is 0.193 e. The van der Waals surface area contributed by atoms with Crippen LogP contribution in [0.5, 0.6) is 0 Å². The zero-order valence-electron chi connectivity index (χ0n) is 29.5. The van der Waals surface area contributed by atoms with Crippen molar-refractivity contribution >= 4 is 16.6 Å². The van der Waals surface area contributed by atoms with Crippen LogP contribution in [0.4, 0.5) is 8.78 Å². The molecule has 0 heterocycles. The van der Waals surface area contributed by atoms with Gasteiger partial charge in [0.2, 0.25) is 0 Å². The molecule has 5 unspecified atom stereocenters. The lowest BCUT2D eigenvalue weighted by Gasteiger charge is -2.46. The Morgan fingerprint density at radius 2 is 1.76 bits per heavy atom. The Bertz CT molecular complexity index is 1910. The number of fused-ring (bicyclic) bond motifs is 9. The molecule has 3 aliphatic rings. The normalized spacial score (nSPS) is 24.7. The van der Waals surface area contributed by atoms with Gasteiger partial charge in [-0.05, 0) is 110 Å². The average Bonchev–Trinajstić information content (AvgIpc) is 3.36. The Morgan fingerprint density at radius 3 is 2.55 bits per heavy atom. The third-order valence-electron chi connectivity index (χ3n) is 11.5. The van der Waals surface area contributed by atoms with Crippen molar-refractivity contribution in [2.24, 2.45) is 5.41 Å². The molecular formula is C43H49F2NO5. The highest BCUT2D eigenvalue weighted by Crippen LogP contribution is 2.59. The van der Waals surface area contributed by atoms with E-state index in [-0.39, 0.29) is 24.6 Å². The summed E-state index contributed by atoms with van der Waals surface area (Å²) in [4.78, 5) is 16.2. The lowest BCUT2D eigenvalue weighted by Crippen LogP contribution is -2.53. The van der Waals surface area contributed by atoms with Gasteiger partial charge in [0.25, 0.3) is 0 Å². The van der Waals surface area contributed by atoms with Gasteiger partial charge < -0.3 is 20.4 Å². The van der Waals surface area contributed by atoms with Crippen LogP contribution in [-0.4, -0.2) is 68.6 Å². The predicted octanol–water partition coefficient (Wildman–Crippen LogP) is 7.24. The highest BCUT2D eigenvalue weighted by atomic mass is 19.2. The minimum atomic E-state index is -1.26. The summed E-state index contributed by atoms with van der Waals surface area (Å²) >= 11 is 0. The zero-order valence-corrected chi connectivity index (χ0v) is 29.5. The monoisotopic (exact) mass is 697 g/mol. The van der Waals surface area contributed by atoms with E-state index < -0.39 is 47.2 Å². The molecule has 4 aromatic rings. The maximum atomic E-state index is 14.4. The first-order chi connectivity index (χ1) is 24.4. The predicted molar refractivity (Wildman–Crippen MR) is 196 cm³/mol. The average molecular weight is 698 g/mol. The summed E-state index contributed by atoms with van der Waals surface area (Å²) in [5.41, 5.74) is 2.09. The van der Waals surface area contributed by atoms with Gasteiger partial charge in [0, 0.05) is 36.2 Å². The first-order valence-electron chi connectivity index (χ1n) is 18.1. The van der Waals surface area contributed by atoms with Gasteiger partial charge in [-0.25, -0.2) is 8.78 Å². The fourth-order valence-corrected chi connectivity index (χ4v) is 8.57. The molecule has 5 atom stereocenters. The third-order valence-corrected chi connectivity index (χ3v) is 11.5. The van der Waals surface area contributed by atoms with Crippen LogP contribution in [0.1, 0.15) is 90.9 Å². The molecule has 0 amide bonds. The summed E-state index contributed by atoms with van der Waals surface area (Å²) in [6.07, 6.45) is 4.43. The number of hydrogen-bond acceptors (Lipinski definition) is 6. The van der Waals surface area contributed by atoms with Crippen molar-refractivity contribution in [1.29, 1.82) is 0 Å². The van der Waals surface area contributed by atoms with Crippen LogP contribution >= 0.6 is 0 Å². The van der Waals surface area contributed by atoms with Crippen molar-refractivity contribution in [1.82, 2.24) is 4.90 Å². The van der Waals surface area contributed by atoms with E-state index in [4.69, 9.17) is 0 Å². The first-order valence-corrected chi connectivity index (χ1v) is 18.1. The van der Waals surface area contributed by atoms with Gasteiger partial charge in [-0.2, -0.15) is 0 Å². The lowest BCUT2D eigenvalue weighted by atomic mass is 9.64. The van der Waals surface area contributed by atoms with E-state index >= 15 is 0 Å². The third kappa shape index (κ3) is 7.86. The van der Waals surface area contributed by atoms with Crippen LogP contribution in [-0.2, 0) is 13.0 Å². The molecule has 3 aliphatic carbocycles. The lowest BCUT2D eigenvalue weighted by molar-refractivity contribution is -0.0907. The maximum absolute atomic E-state index is 14.4. The molecule has 1 saturated carbocycles. The highest BCUT2D eigenvalue weighted by molar-refractivity contribution is 6.10. The second-order valence-corrected chi connectivity index (χ2v) is 15.0. The Labute approximate surface area is 299 Å². The van der Waals surface area contributed by atoms with E-state index in [2.05, 4.69) is 38.1 Å². The molecule has 8 heteroatoms. The van der Waals surface area contributed by atoms with Crippen molar-refractivity contribution in [3.63, 3.8) is 0 Å². The van der Waals surface area contributed by atoms with Crippen molar-refractivity contribution in [3.05, 3.63) is 130 Å². The molecule has 7 rings (SSSR count). The number of carbonyl (C=O) groups is 1. The Hall–Kier alpha value is -3.79. The number of halogens is 2. The summed E-state index contributed by atoms with van der Waals surface area (Å²) in [6, 6.07) is 23.0. The van der Waals surface area contributed by atoms with Gasteiger partial charge >= 0.3 is 0 Å². The fraction of sp³-hybridized carbons (Fsp3) is 0.419. The number of allylic oxidation sites excluding steroid dienone is 2. The Kier molecular flexibility index (Phi) is 11.2. The van der Waals surface area contributed by atoms with Crippen LogP contribution in [0.3, 0.4) is 0 Å². The van der Waals surface area contributed by atoms with Gasteiger partial charge in [-0.3, -0.25) is 9.69 Å². The van der Waals surface area contributed by atoms with Crippen LogP contribution in [0.2, 0.25) is 0 Å². The van der Waals surface area contributed by atoms with Crippen LogP contribution in [0, 0.1) is 17.0 Å². The fourth-order valence-electron chi connectivity index (χ4n) is 8.57. The van der Waals surface area contributed by atoms with Gasteiger partial charge in [0.15, 0.2) is 17.4 Å². The van der Waals surface area contributed by atoms with E-state index in [1.807, 2.05) is 41.3 Å². The van der Waals surface area contributed by atoms with Crippen LogP contribution in [0.25, 0.3) is 10.8 Å². The van der Waals surface area contributed by atoms with Gasteiger partial charge in [0.1, 0.15) is 0 Å². The molecule has 1 fully saturated rings. The molecule has 6 nitrogen and oxygen atoms in total. The number of ketones is 1. The summed E-state index contributed by atoms with van der Waals surface area (Å²) in [6.45, 7) is 4.55. The standard InChI is InChI=1S/C43H49F2NO5/c1-28-7-6-19-42(2)38(36-16-13-29(21-33(48)15-12-28)22-37(36)41(50)31-14-17-39(44)40(45)23-31)18-20-43(42,51)27-46(25-34(49)26-47)24-32-10-5-9-30-8-3-4-11-35(30)32/h3-5,7-11,13-14,16-17,22-23,33-34,38,47-49,51H,6,12,15,18-21,24-27H2,1-2H3. The number of carbonyl (C=O) groups excluding carboxylic acids is 1. The Balaban J connectivity index is 1.43. The quantitative estimate of drug-likeness (QED) is 0.109. The van der Waals surface area contributed by atoms with Gasteiger partial charge in [0.05, 0.1) is 24.4 Å². The van der Waals surface area contributed by atoms with Crippen molar-refractivity contribution in [2.45, 2.75) is 89.1 Å². The number of benzene rings is 4. The summed E-state index contributed by atoms with van der Waals surface area (Å²) in [5, 5.41) is 46.6. The largest absolute Gasteiger partial charge is 0.394 e. The van der Waals surface area contributed by atoms with Gasteiger partial charge in [-0.15, -0.1) is 0 Å².